The molecule has 1 saturated heterocycles. The summed E-state index contributed by atoms with van der Waals surface area (Å²) in [5.74, 6) is -0.519. The average molecular weight is 417 g/mol. The Kier molecular flexibility index (Phi) is 8.11. The molecule has 3 rings (SSSR count). The molecule has 1 heterocycles. The molecule has 1 saturated carbocycles. The van der Waals surface area contributed by atoms with Gasteiger partial charge in [-0.25, -0.2) is 9.59 Å². The zero-order chi connectivity index (χ0) is 21.3. The molecule has 0 radical (unpaired) electrons. The van der Waals surface area contributed by atoms with E-state index in [0.717, 1.165) is 44.1 Å². The van der Waals surface area contributed by atoms with Gasteiger partial charge in [0.25, 0.3) is 0 Å². The van der Waals surface area contributed by atoms with Gasteiger partial charge in [-0.15, -0.1) is 0 Å². The van der Waals surface area contributed by atoms with Gasteiger partial charge in [0, 0.05) is 6.54 Å². The first kappa shape index (κ1) is 22.1. The van der Waals surface area contributed by atoms with Gasteiger partial charge in [0.1, 0.15) is 18.7 Å². The lowest BCUT2D eigenvalue weighted by atomic mass is 9.83. The van der Waals surface area contributed by atoms with E-state index in [2.05, 4.69) is 5.32 Å². The van der Waals surface area contributed by atoms with Crippen molar-refractivity contribution in [1.29, 1.82) is 0 Å². The topological polar surface area (TPSA) is 84.9 Å². The van der Waals surface area contributed by atoms with Crippen molar-refractivity contribution in [2.75, 3.05) is 13.2 Å². The van der Waals surface area contributed by atoms with Gasteiger partial charge in [-0.05, 0) is 44.1 Å². The first-order valence-electron chi connectivity index (χ1n) is 11.0. The van der Waals surface area contributed by atoms with E-state index in [4.69, 9.17) is 9.47 Å². The van der Waals surface area contributed by atoms with Crippen molar-refractivity contribution in [3.8, 4) is 0 Å². The number of nitrogens with zero attached hydrogens (tertiary/aromatic N) is 1. The summed E-state index contributed by atoms with van der Waals surface area (Å²) in [5.41, 5.74) is 0.908. The number of carbonyl (C=O) groups excluding carboxylic acids is 3. The largest absolute Gasteiger partial charge is 0.459 e. The van der Waals surface area contributed by atoms with Crippen molar-refractivity contribution in [3.63, 3.8) is 0 Å². The van der Waals surface area contributed by atoms with Crippen molar-refractivity contribution >= 4 is 18.0 Å². The molecule has 1 aliphatic heterocycles. The van der Waals surface area contributed by atoms with Crippen LogP contribution in [0.15, 0.2) is 30.3 Å². The van der Waals surface area contributed by atoms with E-state index >= 15 is 0 Å². The van der Waals surface area contributed by atoms with Crippen LogP contribution in [0.25, 0.3) is 0 Å². The Morgan fingerprint density at radius 2 is 1.77 bits per heavy atom. The van der Waals surface area contributed by atoms with E-state index in [1.807, 2.05) is 30.3 Å². The van der Waals surface area contributed by atoms with E-state index in [0.29, 0.717) is 13.0 Å². The van der Waals surface area contributed by atoms with Crippen LogP contribution in [-0.2, 0) is 25.7 Å². The van der Waals surface area contributed by atoms with Crippen LogP contribution in [0.4, 0.5) is 4.79 Å². The molecule has 2 aliphatic rings. The van der Waals surface area contributed by atoms with Crippen molar-refractivity contribution in [1.82, 2.24) is 10.2 Å². The van der Waals surface area contributed by atoms with E-state index < -0.39 is 18.2 Å². The molecular weight excluding hydrogens is 384 g/mol. The summed E-state index contributed by atoms with van der Waals surface area (Å²) in [6.07, 6.45) is 5.75. The van der Waals surface area contributed by atoms with Gasteiger partial charge in [0.05, 0.1) is 6.61 Å². The van der Waals surface area contributed by atoms with Crippen LogP contribution in [0, 0.1) is 5.92 Å². The number of nitrogens with one attached hydrogen (secondary N) is 1. The van der Waals surface area contributed by atoms with Gasteiger partial charge in [-0.1, -0.05) is 49.6 Å². The van der Waals surface area contributed by atoms with Crippen LogP contribution in [0.3, 0.4) is 0 Å². The predicted octanol–water partition coefficient (Wildman–Crippen LogP) is 3.42. The molecule has 0 aromatic heterocycles. The highest BCUT2D eigenvalue weighted by Gasteiger charge is 2.41. The molecule has 1 N–H and O–H groups in total. The van der Waals surface area contributed by atoms with Crippen LogP contribution in [0.2, 0.25) is 0 Å². The van der Waals surface area contributed by atoms with Crippen LogP contribution in [-0.4, -0.2) is 48.1 Å². The molecule has 1 aliphatic carbocycles. The quantitative estimate of drug-likeness (QED) is 0.689. The Morgan fingerprint density at radius 3 is 2.47 bits per heavy atom. The summed E-state index contributed by atoms with van der Waals surface area (Å²) >= 11 is 0. The second kappa shape index (κ2) is 11.0. The first-order chi connectivity index (χ1) is 14.6. The number of amides is 2. The van der Waals surface area contributed by atoms with E-state index in [1.54, 1.807) is 11.8 Å². The van der Waals surface area contributed by atoms with Crippen molar-refractivity contribution in [3.05, 3.63) is 35.9 Å². The molecule has 0 bridgehead atoms. The van der Waals surface area contributed by atoms with E-state index in [1.165, 1.54) is 0 Å². The summed E-state index contributed by atoms with van der Waals surface area (Å²) < 4.78 is 10.5. The number of carbonyl (C=O) groups is 3. The normalized spacial score (nSPS) is 20.4. The lowest BCUT2D eigenvalue weighted by Crippen LogP contribution is -2.55. The predicted molar refractivity (Wildman–Crippen MR) is 111 cm³/mol. The second-order valence-electron chi connectivity index (χ2n) is 8.02. The standard InChI is InChI=1S/C23H32N2O5/c1-2-29-23(28)24-20(18-12-7-4-8-13-18)21(26)25-15-9-14-19(25)22(27)30-16-17-10-5-3-6-11-17/h3,5-6,10-11,18-20H,2,4,7-9,12-16H2,1H3,(H,24,28)/t19-,20+/m0/s1. The number of likely N-dealkylation sites (tertiary alicyclic amines) is 1. The fourth-order valence-electron chi connectivity index (χ4n) is 4.43. The minimum Gasteiger partial charge on any atom is -0.459 e. The number of esters is 1. The molecule has 30 heavy (non-hydrogen) atoms. The molecule has 7 nitrogen and oxygen atoms in total. The molecule has 0 unspecified atom stereocenters. The minimum atomic E-state index is -0.660. The third-order valence-electron chi connectivity index (χ3n) is 5.97. The molecule has 1 aromatic rings. The van der Waals surface area contributed by atoms with Crippen molar-refractivity contribution < 1.29 is 23.9 Å². The monoisotopic (exact) mass is 416 g/mol. The van der Waals surface area contributed by atoms with Gasteiger partial charge in [-0.2, -0.15) is 0 Å². The summed E-state index contributed by atoms with van der Waals surface area (Å²) in [4.78, 5) is 39.8. The van der Waals surface area contributed by atoms with Gasteiger partial charge >= 0.3 is 12.1 Å². The molecule has 2 fully saturated rings. The molecule has 1 aromatic carbocycles. The highest BCUT2D eigenvalue weighted by atomic mass is 16.5. The Labute approximate surface area is 178 Å². The number of hydrogen-bond acceptors (Lipinski definition) is 5. The number of benzene rings is 1. The average Bonchev–Trinajstić information content (AvgIpc) is 3.27. The molecule has 2 amide bonds. The number of hydrogen-bond donors (Lipinski definition) is 1. The molecule has 0 spiro atoms. The Bertz CT molecular complexity index is 718. The summed E-state index contributed by atoms with van der Waals surface area (Å²) in [6, 6.07) is 8.23. The summed E-state index contributed by atoms with van der Waals surface area (Å²) in [7, 11) is 0. The summed E-state index contributed by atoms with van der Waals surface area (Å²) in [6.45, 7) is 2.66. The number of ether oxygens (including phenoxy) is 2. The Morgan fingerprint density at radius 1 is 1.03 bits per heavy atom. The Balaban J connectivity index is 1.66. The van der Waals surface area contributed by atoms with Gasteiger partial charge in [0.15, 0.2) is 0 Å². The fraction of sp³-hybridized carbons (Fsp3) is 0.609. The maximum atomic E-state index is 13.4. The van der Waals surface area contributed by atoms with Gasteiger partial charge < -0.3 is 19.7 Å². The maximum absolute atomic E-state index is 13.4. The van der Waals surface area contributed by atoms with Crippen molar-refractivity contribution in [2.24, 2.45) is 5.92 Å². The minimum absolute atomic E-state index is 0.0669. The zero-order valence-electron chi connectivity index (χ0n) is 17.7. The lowest BCUT2D eigenvalue weighted by Gasteiger charge is -2.34. The third-order valence-corrected chi connectivity index (χ3v) is 5.97. The van der Waals surface area contributed by atoms with Gasteiger partial charge in [-0.3, -0.25) is 4.79 Å². The molecule has 2 atom stereocenters. The highest BCUT2D eigenvalue weighted by molar-refractivity contribution is 5.90. The van der Waals surface area contributed by atoms with Crippen LogP contribution in [0.5, 0.6) is 0 Å². The number of rotatable bonds is 7. The van der Waals surface area contributed by atoms with E-state index in [9.17, 15) is 14.4 Å². The lowest BCUT2D eigenvalue weighted by molar-refractivity contribution is -0.155. The second-order valence-corrected chi connectivity index (χ2v) is 8.02. The van der Waals surface area contributed by atoms with Crippen molar-refractivity contribution in [2.45, 2.75) is 70.6 Å². The Hall–Kier alpha value is -2.57. The SMILES string of the molecule is CCOC(=O)N[C@@H](C(=O)N1CCC[C@H]1C(=O)OCc1ccccc1)C1CCCCC1. The number of alkyl carbamates (subject to hydrolysis) is 1. The fourth-order valence-corrected chi connectivity index (χ4v) is 4.43. The summed E-state index contributed by atoms with van der Waals surface area (Å²) in [5, 5.41) is 2.78. The highest BCUT2D eigenvalue weighted by Crippen LogP contribution is 2.29. The van der Waals surface area contributed by atoms with E-state index in [-0.39, 0.29) is 31.0 Å². The zero-order valence-corrected chi connectivity index (χ0v) is 17.7. The van der Waals surface area contributed by atoms with Crippen LogP contribution in [0.1, 0.15) is 57.4 Å². The molecule has 7 heteroatoms. The third kappa shape index (κ3) is 5.74. The molecule has 164 valence electrons. The van der Waals surface area contributed by atoms with Crippen LogP contribution < -0.4 is 5.32 Å². The first-order valence-corrected chi connectivity index (χ1v) is 11.0. The van der Waals surface area contributed by atoms with Gasteiger partial charge in [0.2, 0.25) is 5.91 Å². The van der Waals surface area contributed by atoms with Crippen LogP contribution >= 0.6 is 0 Å². The molecular formula is C23H32N2O5. The maximum Gasteiger partial charge on any atom is 0.407 e. The smallest absolute Gasteiger partial charge is 0.407 e.